The SMILES string of the molecule is COc1ccccc1CC(C)NC(=O)c1ccc(F)nc1. The summed E-state index contributed by atoms with van der Waals surface area (Å²) in [6, 6.07) is 10.2. The normalized spacial score (nSPS) is 11.8. The van der Waals surface area contributed by atoms with Crippen LogP contribution in [0.4, 0.5) is 4.39 Å². The van der Waals surface area contributed by atoms with Crippen LogP contribution in [0.5, 0.6) is 5.75 Å². The smallest absolute Gasteiger partial charge is 0.253 e. The van der Waals surface area contributed by atoms with E-state index < -0.39 is 5.95 Å². The summed E-state index contributed by atoms with van der Waals surface area (Å²) in [5, 5.41) is 2.86. The monoisotopic (exact) mass is 288 g/mol. The van der Waals surface area contributed by atoms with E-state index in [1.54, 1.807) is 7.11 Å². The number of benzene rings is 1. The zero-order valence-electron chi connectivity index (χ0n) is 12.0. The zero-order chi connectivity index (χ0) is 15.2. The average molecular weight is 288 g/mol. The van der Waals surface area contributed by atoms with E-state index in [-0.39, 0.29) is 11.9 Å². The lowest BCUT2D eigenvalue weighted by atomic mass is 10.1. The molecule has 1 atom stereocenters. The molecule has 21 heavy (non-hydrogen) atoms. The summed E-state index contributed by atoms with van der Waals surface area (Å²) >= 11 is 0. The van der Waals surface area contributed by atoms with Gasteiger partial charge in [-0.25, -0.2) is 4.98 Å². The Bertz CT molecular complexity index is 614. The molecule has 0 saturated carbocycles. The predicted octanol–water partition coefficient (Wildman–Crippen LogP) is 2.59. The minimum atomic E-state index is -0.603. The Kier molecular flexibility index (Phi) is 4.87. The lowest BCUT2D eigenvalue weighted by Gasteiger charge is -2.15. The number of ether oxygens (including phenoxy) is 1. The van der Waals surface area contributed by atoms with E-state index in [2.05, 4.69) is 10.3 Å². The molecular formula is C16H17FN2O2. The topological polar surface area (TPSA) is 51.2 Å². The number of carbonyl (C=O) groups excluding carboxylic acids is 1. The molecule has 1 amide bonds. The molecule has 0 aliphatic heterocycles. The number of aromatic nitrogens is 1. The third-order valence-electron chi connectivity index (χ3n) is 3.09. The first-order valence-corrected chi connectivity index (χ1v) is 6.64. The van der Waals surface area contributed by atoms with Gasteiger partial charge < -0.3 is 10.1 Å². The summed E-state index contributed by atoms with van der Waals surface area (Å²) in [6.07, 6.45) is 1.87. The molecule has 0 aliphatic carbocycles. The maximum absolute atomic E-state index is 12.7. The van der Waals surface area contributed by atoms with Crippen molar-refractivity contribution in [3.05, 3.63) is 59.7 Å². The molecule has 0 radical (unpaired) electrons. The van der Waals surface area contributed by atoms with E-state index in [1.807, 2.05) is 31.2 Å². The average Bonchev–Trinajstić information content (AvgIpc) is 2.48. The van der Waals surface area contributed by atoms with Crippen LogP contribution in [0.1, 0.15) is 22.8 Å². The second-order valence-electron chi connectivity index (χ2n) is 4.76. The first-order valence-electron chi connectivity index (χ1n) is 6.64. The number of nitrogens with zero attached hydrogens (tertiary/aromatic N) is 1. The molecule has 0 saturated heterocycles. The summed E-state index contributed by atoms with van der Waals surface area (Å²) in [7, 11) is 1.62. The Morgan fingerprint density at radius 3 is 2.76 bits per heavy atom. The van der Waals surface area contributed by atoms with Gasteiger partial charge in [-0.15, -0.1) is 0 Å². The van der Waals surface area contributed by atoms with Gasteiger partial charge >= 0.3 is 0 Å². The maximum atomic E-state index is 12.7. The van der Waals surface area contributed by atoms with E-state index in [9.17, 15) is 9.18 Å². The highest BCUT2D eigenvalue weighted by molar-refractivity contribution is 5.94. The second kappa shape index (κ2) is 6.83. The van der Waals surface area contributed by atoms with Crippen molar-refractivity contribution in [3.8, 4) is 5.75 Å². The summed E-state index contributed by atoms with van der Waals surface area (Å²) in [5.74, 6) is -0.0828. The van der Waals surface area contributed by atoms with Crippen LogP contribution in [-0.2, 0) is 6.42 Å². The largest absolute Gasteiger partial charge is 0.496 e. The van der Waals surface area contributed by atoms with Gasteiger partial charge in [0.05, 0.1) is 12.7 Å². The van der Waals surface area contributed by atoms with Crippen LogP contribution >= 0.6 is 0 Å². The number of halogens is 1. The molecule has 110 valence electrons. The number of amides is 1. The van der Waals surface area contributed by atoms with Gasteiger partial charge in [0.2, 0.25) is 5.95 Å². The standard InChI is InChI=1S/C16H17FN2O2/c1-11(9-12-5-3-4-6-14(12)21-2)19-16(20)13-7-8-15(17)18-10-13/h3-8,10-11H,9H2,1-2H3,(H,19,20). The number of nitrogens with one attached hydrogen (secondary N) is 1. The van der Waals surface area contributed by atoms with Gasteiger partial charge in [-0.2, -0.15) is 4.39 Å². The Morgan fingerprint density at radius 1 is 1.33 bits per heavy atom. The number of carbonyl (C=O) groups is 1. The van der Waals surface area contributed by atoms with Gasteiger partial charge in [0.15, 0.2) is 0 Å². The Balaban J connectivity index is 1.99. The zero-order valence-corrected chi connectivity index (χ0v) is 12.0. The Hall–Kier alpha value is -2.43. The summed E-state index contributed by atoms with van der Waals surface area (Å²) in [4.78, 5) is 15.5. The highest BCUT2D eigenvalue weighted by Crippen LogP contribution is 2.18. The van der Waals surface area contributed by atoms with E-state index in [0.29, 0.717) is 12.0 Å². The third-order valence-corrected chi connectivity index (χ3v) is 3.09. The van der Waals surface area contributed by atoms with E-state index in [1.165, 1.54) is 18.3 Å². The first kappa shape index (κ1) is 15.0. The van der Waals surface area contributed by atoms with Crippen molar-refractivity contribution in [3.63, 3.8) is 0 Å². The summed E-state index contributed by atoms with van der Waals surface area (Å²) in [6.45, 7) is 1.90. The van der Waals surface area contributed by atoms with E-state index in [0.717, 1.165) is 11.3 Å². The lowest BCUT2D eigenvalue weighted by Crippen LogP contribution is -2.34. The fourth-order valence-corrected chi connectivity index (χ4v) is 2.07. The predicted molar refractivity (Wildman–Crippen MR) is 77.8 cm³/mol. The number of hydrogen-bond donors (Lipinski definition) is 1. The van der Waals surface area contributed by atoms with Crippen LogP contribution in [0.25, 0.3) is 0 Å². The summed E-state index contributed by atoms with van der Waals surface area (Å²) in [5.41, 5.74) is 1.35. The minimum absolute atomic E-state index is 0.0844. The van der Waals surface area contributed by atoms with Crippen LogP contribution in [-0.4, -0.2) is 24.0 Å². The molecule has 0 fully saturated rings. The molecule has 1 aromatic carbocycles. The van der Waals surface area contributed by atoms with Crippen LogP contribution in [0.3, 0.4) is 0 Å². The molecule has 5 heteroatoms. The summed E-state index contributed by atoms with van der Waals surface area (Å²) < 4.78 is 18.0. The molecule has 0 spiro atoms. The molecule has 4 nitrogen and oxygen atoms in total. The number of rotatable bonds is 5. The molecule has 0 bridgehead atoms. The molecular weight excluding hydrogens is 271 g/mol. The molecule has 2 rings (SSSR count). The van der Waals surface area contributed by atoms with E-state index >= 15 is 0 Å². The molecule has 1 aromatic heterocycles. The molecule has 1 heterocycles. The van der Waals surface area contributed by atoms with Gasteiger partial charge in [0.25, 0.3) is 5.91 Å². The minimum Gasteiger partial charge on any atom is -0.496 e. The van der Waals surface area contributed by atoms with Crippen molar-refractivity contribution in [2.75, 3.05) is 7.11 Å². The van der Waals surface area contributed by atoms with Crippen molar-refractivity contribution in [1.82, 2.24) is 10.3 Å². The molecule has 1 N–H and O–H groups in total. The fourth-order valence-electron chi connectivity index (χ4n) is 2.07. The second-order valence-corrected chi connectivity index (χ2v) is 4.76. The lowest BCUT2D eigenvalue weighted by molar-refractivity contribution is 0.0939. The number of hydrogen-bond acceptors (Lipinski definition) is 3. The van der Waals surface area contributed by atoms with Crippen molar-refractivity contribution < 1.29 is 13.9 Å². The van der Waals surface area contributed by atoms with Crippen molar-refractivity contribution in [2.45, 2.75) is 19.4 Å². The van der Waals surface area contributed by atoms with Crippen molar-refractivity contribution >= 4 is 5.91 Å². The van der Waals surface area contributed by atoms with Crippen LogP contribution in [0.2, 0.25) is 0 Å². The number of pyridine rings is 1. The number of para-hydroxylation sites is 1. The van der Waals surface area contributed by atoms with Crippen LogP contribution < -0.4 is 10.1 Å². The van der Waals surface area contributed by atoms with Gasteiger partial charge in [-0.05, 0) is 37.1 Å². The maximum Gasteiger partial charge on any atom is 0.253 e. The van der Waals surface area contributed by atoms with Crippen LogP contribution in [0, 0.1) is 5.95 Å². The molecule has 1 unspecified atom stereocenters. The van der Waals surface area contributed by atoms with E-state index in [4.69, 9.17) is 4.74 Å². The fraction of sp³-hybridized carbons (Fsp3) is 0.250. The molecule has 0 aliphatic rings. The molecule has 2 aromatic rings. The van der Waals surface area contributed by atoms with Crippen LogP contribution in [0.15, 0.2) is 42.6 Å². The quantitative estimate of drug-likeness (QED) is 0.860. The van der Waals surface area contributed by atoms with Crippen molar-refractivity contribution in [1.29, 1.82) is 0 Å². The van der Waals surface area contributed by atoms with Gasteiger partial charge in [0, 0.05) is 12.2 Å². The van der Waals surface area contributed by atoms with Gasteiger partial charge in [-0.3, -0.25) is 4.79 Å². The van der Waals surface area contributed by atoms with Gasteiger partial charge in [0.1, 0.15) is 5.75 Å². The van der Waals surface area contributed by atoms with Gasteiger partial charge in [-0.1, -0.05) is 18.2 Å². The Labute approximate surface area is 123 Å². The number of methoxy groups -OCH3 is 1. The first-order chi connectivity index (χ1) is 10.1. The third kappa shape index (κ3) is 4.02. The highest BCUT2D eigenvalue weighted by atomic mass is 19.1. The van der Waals surface area contributed by atoms with Crippen molar-refractivity contribution in [2.24, 2.45) is 0 Å². The highest BCUT2D eigenvalue weighted by Gasteiger charge is 2.12. The Morgan fingerprint density at radius 2 is 2.10 bits per heavy atom.